The van der Waals surface area contributed by atoms with Crippen LogP contribution in [0.25, 0.3) is 0 Å². The fraction of sp³-hybridized carbons (Fsp3) is 0.462. The van der Waals surface area contributed by atoms with Crippen LogP contribution >= 0.6 is 0 Å². The number of nitrogens with one attached hydrogen (secondary N) is 2. The average Bonchev–Trinajstić information content (AvgIpc) is 3.40. The summed E-state index contributed by atoms with van der Waals surface area (Å²) in [6, 6.07) is 11.2. The third-order valence-electron chi connectivity index (χ3n) is 6.56. The molecule has 3 heterocycles. The maximum Gasteiger partial charge on any atom is 0.259 e. The van der Waals surface area contributed by atoms with Crippen LogP contribution in [0.1, 0.15) is 53.2 Å². The summed E-state index contributed by atoms with van der Waals surface area (Å²) in [5.41, 5.74) is 0.969. The highest BCUT2D eigenvalue weighted by Gasteiger charge is 2.23. The van der Waals surface area contributed by atoms with Crippen LogP contribution in [0.3, 0.4) is 0 Å². The number of aliphatic imine (C=N–C) groups is 1. The second-order valence-electron chi connectivity index (χ2n) is 8.94. The Morgan fingerprint density at radius 3 is 2.80 bits per heavy atom. The first-order chi connectivity index (χ1) is 17.1. The van der Waals surface area contributed by atoms with Crippen molar-refractivity contribution in [1.29, 1.82) is 5.26 Å². The van der Waals surface area contributed by atoms with Crippen LogP contribution in [0.2, 0.25) is 0 Å². The van der Waals surface area contributed by atoms with Crippen molar-refractivity contribution >= 4 is 17.6 Å². The zero-order valence-electron chi connectivity index (χ0n) is 20.0. The normalized spacial score (nSPS) is 19.3. The van der Waals surface area contributed by atoms with Crippen molar-refractivity contribution in [1.82, 2.24) is 15.2 Å². The van der Waals surface area contributed by atoms with Gasteiger partial charge in [0.05, 0.1) is 29.8 Å². The highest BCUT2D eigenvalue weighted by molar-refractivity contribution is 6.04. The van der Waals surface area contributed by atoms with E-state index in [1.807, 2.05) is 25.2 Å². The molecule has 9 heteroatoms. The van der Waals surface area contributed by atoms with Gasteiger partial charge in [-0.1, -0.05) is 6.07 Å². The van der Waals surface area contributed by atoms with Crippen molar-refractivity contribution in [3.8, 4) is 6.07 Å². The standard InChI is InChI=1S/C26H31FN6O2/c1-29-25(30-16-20-4-3-13-35-20)17-33-11-9-19(10-12-33)23-5-2-6-24(31-23)32-26(34)21-8-7-18(15-28)14-22(21)27/h2,5-8,14,19-20H,3-4,9-13,16-17H2,1H3,(H,29,30)(H,31,32,34)/t20-/m0/s1. The lowest BCUT2D eigenvalue weighted by Crippen LogP contribution is -2.43. The number of likely N-dealkylation sites (tertiary alicyclic amines) is 1. The quantitative estimate of drug-likeness (QED) is 0.468. The molecule has 2 saturated heterocycles. The van der Waals surface area contributed by atoms with Crippen LogP contribution in [0.5, 0.6) is 0 Å². The molecule has 2 aliphatic heterocycles. The molecule has 1 amide bonds. The van der Waals surface area contributed by atoms with E-state index in [2.05, 4.69) is 25.5 Å². The van der Waals surface area contributed by atoms with Crippen molar-refractivity contribution in [2.24, 2.45) is 4.99 Å². The summed E-state index contributed by atoms with van der Waals surface area (Å²) in [6.45, 7) is 4.30. The van der Waals surface area contributed by atoms with E-state index in [-0.39, 0.29) is 23.1 Å². The Kier molecular flexibility index (Phi) is 8.40. The topological polar surface area (TPSA) is 103 Å². The summed E-state index contributed by atoms with van der Waals surface area (Å²) in [6.07, 6.45) is 4.42. The number of rotatable bonds is 7. The number of pyridine rings is 1. The van der Waals surface area contributed by atoms with E-state index >= 15 is 0 Å². The molecule has 0 saturated carbocycles. The summed E-state index contributed by atoms with van der Waals surface area (Å²) >= 11 is 0. The number of amidine groups is 1. The van der Waals surface area contributed by atoms with Crippen LogP contribution in [0, 0.1) is 17.1 Å². The number of benzene rings is 1. The first kappa shape index (κ1) is 24.8. The Morgan fingerprint density at radius 2 is 2.11 bits per heavy atom. The van der Waals surface area contributed by atoms with E-state index in [9.17, 15) is 9.18 Å². The highest BCUT2D eigenvalue weighted by atomic mass is 19.1. The SMILES string of the molecule is CN=C(CN1CCC(c2cccc(NC(=O)c3ccc(C#N)cc3F)n2)CC1)NC[C@@H]1CCCO1. The summed E-state index contributed by atoms with van der Waals surface area (Å²) < 4.78 is 19.9. The number of anilines is 1. The molecule has 1 atom stereocenters. The van der Waals surface area contributed by atoms with E-state index < -0.39 is 11.7 Å². The van der Waals surface area contributed by atoms with E-state index in [0.29, 0.717) is 5.82 Å². The maximum absolute atomic E-state index is 14.2. The van der Waals surface area contributed by atoms with Crippen molar-refractivity contribution in [3.05, 3.63) is 59.0 Å². The zero-order valence-corrected chi connectivity index (χ0v) is 20.0. The number of carbonyl (C=O) groups excluding carboxylic acids is 1. The third-order valence-corrected chi connectivity index (χ3v) is 6.56. The van der Waals surface area contributed by atoms with Gasteiger partial charge in [0.1, 0.15) is 17.5 Å². The fourth-order valence-corrected chi connectivity index (χ4v) is 4.54. The first-order valence-corrected chi connectivity index (χ1v) is 12.1. The second kappa shape index (κ2) is 11.9. The minimum Gasteiger partial charge on any atom is -0.376 e. The van der Waals surface area contributed by atoms with Crippen LogP contribution in [0.4, 0.5) is 10.2 Å². The van der Waals surface area contributed by atoms with Crippen LogP contribution in [-0.2, 0) is 4.74 Å². The largest absolute Gasteiger partial charge is 0.376 e. The number of halogens is 1. The predicted molar refractivity (Wildman–Crippen MR) is 132 cm³/mol. The molecule has 1 aromatic carbocycles. The Hall–Kier alpha value is -3.35. The van der Waals surface area contributed by atoms with E-state index in [1.54, 1.807) is 6.07 Å². The number of nitrogens with zero attached hydrogens (tertiary/aromatic N) is 4. The van der Waals surface area contributed by atoms with Crippen LogP contribution < -0.4 is 10.6 Å². The zero-order chi connectivity index (χ0) is 24.6. The van der Waals surface area contributed by atoms with Crippen molar-refractivity contribution in [2.45, 2.75) is 37.7 Å². The summed E-state index contributed by atoms with van der Waals surface area (Å²) in [4.78, 5) is 24.0. The van der Waals surface area contributed by atoms with Crippen LogP contribution in [-0.4, -0.2) is 67.6 Å². The third kappa shape index (κ3) is 6.62. The van der Waals surface area contributed by atoms with Gasteiger partial charge >= 0.3 is 0 Å². The van der Waals surface area contributed by atoms with Crippen LogP contribution in [0.15, 0.2) is 41.4 Å². The molecule has 0 bridgehead atoms. The fourth-order valence-electron chi connectivity index (χ4n) is 4.54. The highest BCUT2D eigenvalue weighted by Crippen LogP contribution is 2.27. The molecule has 0 spiro atoms. The van der Waals surface area contributed by atoms with Crippen molar-refractivity contribution in [2.75, 3.05) is 45.2 Å². The Morgan fingerprint density at radius 1 is 1.29 bits per heavy atom. The minimum atomic E-state index is -0.731. The number of aromatic nitrogens is 1. The van der Waals surface area contributed by atoms with Gasteiger partial charge in [-0.15, -0.1) is 0 Å². The smallest absolute Gasteiger partial charge is 0.259 e. The predicted octanol–water partition coefficient (Wildman–Crippen LogP) is 3.32. The number of ether oxygens (including phenoxy) is 1. The number of nitriles is 1. The molecule has 2 fully saturated rings. The van der Waals surface area contributed by atoms with E-state index in [1.165, 1.54) is 12.1 Å². The van der Waals surface area contributed by atoms with Gasteiger partial charge in [0.2, 0.25) is 0 Å². The van der Waals surface area contributed by atoms with Gasteiger partial charge in [-0.3, -0.25) is 14.7 Å². The van der Waals surface area contributed by atoms with E-state index in [4.69, 9.17) is 10.00 Å². The number of carbonyl (C=O) groups is 1. The monoisotopic (exact) mass is 478 g/mol. The lowest BCUT2D eigenvalue weighted by atomic mass is 9.93. The van der Waals surface area contributed by atoms with Crippen molar-refractivity contribution in [3.63, 3.8) is 0 Å². The second-order valence-corrected chi connectivity index (χ2v) is 8.94. The summed E-state index contributed by atoms with van der Waals surface area (Å²) in [7, 11) is 1.82. The molecule has 1 aromatic heterocycles. The lowest BCUT2D eigenvalue weighted by Gasteiger charge is -2.32. The minimum absolute atomic E-state index is 0.119. The van der Waals surface area contributed by atoms with Crippen molar-refractivity contribution < 1.29 is 13.9 Å². The molecule has 2 aromatic rings. The Balaban J connectivity index is 1.29. The van der Waals surface area contributed by atoms with Gasteiger partial charge in [-0.05, 0) is 69.1 Å². The molecule has 0 unspecified atom stereocenters. The molecular weight excluding hydrogens is 447 g/mol. The molecule has 2 aliphatic rings. The molecular formula is C26H31FN6O2. The molecule has 184 valence electrons. The summed E-state index contributed by atoms with van der Waals surface area (Å²) in [5.74, 6) is 0.338. The van der Waals surface area contributed by atoms with Gasteiger partial charge in [0.25, 0.3) is 5.91 Å². The van der Waals surface area contributed by atoms with E-state index in [0.717, 1.165) is 76.1 Å². The number of piperidine rings is 1. The van der Waals surface area contributed by atoms with Gasteiger partial charge in [0, 0.05) is 31.8 Å². The molecule has 4 rings (SSSR count). The van der Waals surface area contributed by atoms with Gasteiger partial charge < -0.3 is 15.4 Å². The number of hydrogen-bond donors (Lipinski definition) is 2. The van der Waals surface area contributed by atoms with Gasteiger partial charge in [0.15, 0.2) is 0 Å². The molecule has 0 radical (unpaired) electrons. The number of amides is 1. The first-order valence-electron chi connectivity index (χ1n) is 12.1. The molecule has 0 aliphatic carbocycles. The maximum atomic E-state index is 14.2. The molecule has 8 nitrogen and oxygen atoms in total. The number of hydrogen-bond acceptors (Lipinski definition) is 6. The average molecular weight is 479 g/mol. The lowest BCUT2D eigenvalue weighted by molar-refractivity contribution is 0.102. The van der Waals surface area contributed by atoms with Gasteiger partial charge in [-0.25, -0.2) is 9.37 Å². The van der Waals surface area contributed by atoms with Gasteiger partial charge in [-0.2, -0.15) is 5.26 Å². The molecule has 2 N–H and O–H groups in total. The Bertz CT molecular complexity index is 1100. The summed E-state index contributed by atoms with van der Waals surface area (Å²) in [5, 5.41) is 15.0. The molecule has 35 heavy (non-hydrogen) atoms. The Labute approximate surface area is 205 Å².